The molecule has 3 aromatic rings. The molecule has 0 atom stereocenters. The van der Waals surface area contributed by atoms with Gasteiger partial charge < -0.3 is 4.98 Å². The van der Waals surface area contributed by atoms with Gasteiger partial charge in [0.15, 0.2) is 5.15 Å². The van der Waals surface area contributed by atoms with E-state index in [-0.39, 0.29) is 5.16 Å². The number of fused-ring (bicyclic) bond motifs is 1. The van der Waals surface area contributed by atoms with Gasteiger partial charge in [0.05, 0.1) is 17.0 Å². The van der Waals surface area contributed by atoms with E-state index in [0.29, 0.717) is 48.3 Å². The molecule has 0 fully saturated rings. The molecule has 8 nitrogen and oxygen atoms in total. The molecule has 1 aliphatic rings. The minimum Gasteiger partial charge on any atom is -0.339 e. The summed E-state index contributed by atoms with van der Waals surface area (Å²) in [7, 11) is -3.56. The van der Waals surface area contributed by atoms with Gasteiger partial charge in [-0.25, -0.2) is 18.4 Å². The van der Waals surface area contributed by atoms with Crippen molar-refractivity contribution >= 4 is 21.4 Å². The molecule has 0 saturated heterocycles. The summed E-state index contributed by atoms with van der Waals surface area (Å²) in [6.07, 6.45) is 1.51. The fourth-order valence-corrected chi connectivity index (χ4v) is 3.96. The van der Waals surface area contributed by atoms with Gasteiger partial charge in [-0.15, -0.1) is 0 Å². The first-order chi connectivity index (χ1) is 13.3. The van der Waals surface area contributed by atoms with E-state index in [1.165, 1.54) is 0 Å². The van der Waals surface area contributed by atoms with Crippen molar-refractivity contribution in [2.24, 2.45) is 0 Å². The van der Waals surface area contributed by atoms with Crippen LogP contribution in [0.1, 0.15) is 17.0 Å². The number of hydrogen-bond donors (Lipinski definition) is 2. The lowest BCUT2D eigenvalue weighted by Crippen LogP contribution is -2.36. The van der Waals surface area contributed by atoms with Crippen molar-refractivity contribution in [1.82, 2.24) is 24.8 Å². The largest absolute Gasteiger partial charge is 0.339 e. The normalized spacial score (nSPS) is 14.8. The first kappa shape index (κ1) is 18.9. The summed E-state index contributed by atoms with van der Waals surface area (Å²) in [6.45, 7) is 1.48. The maximum atomic E-state index is 12.4. The molecule has 0 bridgehead atoms. The van der Waals surface area contributed by atoms with Gasteiger partial charge in [0.1, 0.15) is 5.82 Å². The van der Waals surface area contributed by atoms with Crippen molar-refractivity contribution in [3.05, 3.63) is 62.8 Å². The molecule has 28 heavy (non-hydrogen) atoms. The fourth-order valence-electron chi connectivity index (χ4n) is 3.22. The van der Waals surface area contributed by atoms with Crippen molar-refractivity contribution in [2.45, 2.75) is 24.7 Å². The highest BCUT2D eigenvalue weighted by Crippen LogP contribution is 2.24. The molecule has 0 radical (unpaired) electrons. The summed E-state index contributed by atoms with van der Waals surface area (Å²) < 4.78 is 23.3. The third-order valence-corrected chi connectivity index (χ3v) is 5.84. The number of rotatable bonds is 4. The van der Waals surface area contributed by atoms with Crippen LogP contribution in [0.3, 0.4) is 0 Å². The van der Waals surface area contributed by atoms with Crippen LogP contribution < -0.4 is 5.56 Å². The monoisotopic (exact) mass is 419 g/mol. The van der Waals surface area contributed by atoms with Crippen LogP contribution in [0.5, 0.6) is 0 Å². The zero-order chi connectivity index (χ0) is 19.9. The van der Waals surface area contributed by atoms with Crippen LogP contribution in [0.25, 0.3) is 11.4 Å². The predicted molar refractivity (Wildman–Crippen MR) is 105 cm³/mol. The summed E-state index contributed by atoms with van der Waals surface area (Å²) in [5.74, 6) is 0.690. The van der Waals surface area contributed by atoms with Gasteiger partial charge in [-0.05, 0) is 0 Å². The lowest BCUT2D eigenvalue weighted by molar-refractivity contribution is 0.238. The van der Waals surface area contributed by atoms with E-state index in [1.54, 1.807) is 0 Å². The molecular weight excluding hydrogens is 402 g/mol. The maximum Gasteiger partial charge on any atom is 0.256 e. The Labute approximate surface area is 166 Å². The van der Waals surface area contributed by atoms with Gasteiger partial charge in [-0.2, -0.15) is 0 Å². The number of aromatic amines is 2. The van der Waals surface area contributed by atoms with Gasteiger partial charge in [0, 0.05) is 37.9 Å². The second kappa shape index (κ2) is 7.16. The standard InChI is InChI=1S/C18H18ClN5O3S/c1-28(26,27)18-21-13-7-8-24(9-12(13)17(25)23-18)10-14-15(19)22-16(20-14)11-5-3-2-4-6-11/h2-6H,7-10H2,1H3,(H,20,22)(H,21,23,25). The van der Waals surface area contributed by atoms with Crippen molar-refractivity contribution in [3.63, 3.8) is 0 Å². The number of aromatic nitrogens is 4. The lowest BCUT2D eigenvalue weighted by atomic mass is 10.1. The fraction of sp³-hybridized carbons (Fsp3) is 0.278. The Bertz CT molecular complexity index is 1190. The molecule has 0 aliphatic carbocycles. The Kier molecular flexibility index (Phi) is 4.82. The van der Waals surface area contributed by atoms with Gasteiger partial charge in [0.25, 0.3) is 5.56 Å². The molecule has 0 amide bonds. The zero-order valence-corrected chi connectivity index (χ0v) is 16.6. The molecule has 1 aromatic carbocycles. The molecule has 0 saturated carbocycles. The molecule has 2 N–H and O–H groups in total. The second-order valence-electron chi connectivity index (χ2n) is 6.75. The van der Waals surface area contributed by atoms with E-state index in [1.807, 2.05) is 35.2 Å². The van der Waals surface area contributed by atoms with Crippen LogP contribution >= 0.6 is 11.6 Å². The van der Waals surface area contributed by atoms with E-state index in [4.69, 9.17) is 11.6 Å². The topological polar surface area (TPSA) is 112 Å². The van der Waals surface area contributed by atoms with Crippen LogP contribution in [0.4, 0.5) is 0 Å². The third-order valence-electron chi connectivity index (χ3n) is 4.63. The quantitative estimate of drug-likeness (QED) is 0.623. The van der Waals surface area contributed by atoms with Crippen molar-refractivity contribution in [1.29, 1.82) is 0 Å². The Balaban J connectivity index is 1.56. The molecule has 1 aliphatic heterocycles. The zero-order valence-electron chi connectivity index (χ0n) is 15.1. The van der Waals surface area contributed by atoms with Gasteiger partial charge in [0.2, 0.25) is 15.0 Å². The van der Waals surface area contributed by atoms with Crippen LogP contribution in [-0.4, -0.2) is 46.1 Å². The SMILES string of the molecule is CS(=O)(=O)c1nc2c(c(=O)[nH]1)CN(Cc1[nH]c(-c3ccccc3)nc1Cl)CC2. The second-order valence-corrected chi connectivity index (χ2v) is 9.04. The summed E-state index contributed by atoms with van der Waals surface area (Å²) >= 11 is 6.30. The lowest BCUT2D eigenvalue weighted by Gasteiger charge is -2.27. The van der Waals surface area contributed by atoms with Gasteiger partial charge >= 0.3 is 0 Å². The maximum absolute atomic E-state index is 12.4. The molecule has 10 heteroatoms. The minimum atomic E-state index is -3.56. The van der Waals surface area contributed by atoms with E-state index in [0.717, 1.165) is 17.5 Å². The highest BCUT2D eigenvalue weighted by Gasteiger charge is 2.24. The van der Waals surface area contributed by atoms with Crippen molar-refractivity contribution in [2.75, 3.05) is 12.8 Å². The first-order valence-electron chi connectivity index (χ1n) is 8.65. The van der Waals surface area contributed by atoms with Gasteiger partial charge in [-0.1, -0.05) is 41.9 Å². The number of H-pyrrole nitrogens is 2. The van der Waals surface area contributed by atoms with Crippen LogP contribution in [0.15, 0.2) is 40.3 Å². The Hall–Kier alpha value is -2.49. The number of halogens is 1. The van der Waals surface area contributed by atoms with Crippen molar-refractivity contribution in [3.8, 4) is 11.4 Å². The van der Waals surface area contributed by atoms with E-state index in [9.17, 15) is 13.2 Å². The summed E-state index contributed by atoms with van der Waals surface area (Å²) in [5.41, 5.74) is 2.30. The average molecular weight is 420 g/mol. The molecule has 146 valence electrons. The molecule has 3 heterocycles. The minimum absolute atomic E-state index is 0.284. The Morgan fingerprint density at radius 3 is 2.64 bits per heavy atom. The molecule has 4 rings (SSSR count). The first-order valence-corrected chi connectivity index (χ1v) is 10.9. The predicted octanol–water partition coefficient (Wildman–Crippen LogP) is 1.78. The number of hydrogen-bond acceptors (Lipinski definition) is 6. The highest BCUT2D eigenvalue weighted by atomic mass is 35.5. The number of imidazole rings is 1. The smallest absolute Gasteiger partial charge is 0.256 e. The third kappa shape index (κ3) is 3.73. The molecule has 2 aromatic heterocycles. The Morgan fingerprint density at radius 2 is 1.93 bits per heavy atom. The number of nitrogens with one attached hydrogen (secondary N) is 2. The van der Waals surface area contributed by atoms with Crippen molar-refractivity contribution < 1.29 is 8.42 Å². The molecule has 0 spiro atoms. The van der Waals surface area contributed by atoms with E-state index in [2.05, 4.69) is 19.9 Å². The summed E-state index contributed by atoms with van der Waals surface area (Å²) in [5, 5.41) is 0.109. The highest BCUT2D eigenvalue weighted by molar-refractivity contribution is 7.90. The summed E-state index contributed by atoms with van der Waals surface area (Å²) in [4.78, 5) is 28.5. The number of nitrogens with zero attached hydrogens (tertiary/aromatic N) is 3. The number of benzene rings is 1. The van der Waals surface area contributed by atoms with Crippen LogP contribution in [0, 0.1) is 0 Å². The Morgan fingerprint density at radius 1 is 1.18 bits per heavy atom. The van der Waals surface area contributed by atoms with Crippen LogP contribution in [0.2, 0.25) is 5.15 Å². The average Bonchev–Trinajstić information content (AvgIpc) is 3.02. The van der Waals surface area contributed by atoms with E-state index < -0.39 is 15.4 Å². The van der Waals surface area contributed by atoms with E-state index >= 15 is 0 Å². The molecule has 0 unspecified atom stereocenters. The number of sulfone groups is 1. The summed E-state index contributed by atoms with van der Waals surface area (Å²) in [6, 6.07) is 9.68. The molecular formula is C18H18ClN5O3S. The van der Waals surface area contributed by atoms with Crippen LogP contribution in [-0.2, 0) is 29.3 Å². The van der Waals surface area contributed by atoms with Gasteiger partial charge in [-0.3, -0.25) is 14.7 Å².